The van der Waals surface area contributed by atoms with Gasteiger partial charge in [0.05, 0.1) is 12.0 Å². The van der Waals surface area contributed by atoms with Crippen LogP contribution >= 0.6 is 0 Å². The zero-order valence-electron chi connectivity index (χ0n) is 8.97. The summed E-state index contributed by atoms with van der Waals surface area (Å²) in [7, 11) is 1.11. The Hall–Kier alpha value is -2.46. The van der Waals surface area contributed by atoms with Crippen molar-refractivity contribution in [2.75, 3.05) is 7.11 Å². The molecule has 1 aromatic carbocycles. The highest BCUT2D eigenvalue weighted by atomic mass is 16.6. The van der Waals surface area contributed by atoms with Crippen molar-refractivity contribution in [3.8, 4) is 6.07 Å². The predicted octanol–water partition coefficient (Wildman–Crippen LogP) is 0.712. The van der Waals surface area contributed by atoms with Crippen LogP contribution in [0.1, 0.15) is 21.5 Å². The van der Waals surface area contributed by atoms with Crippen molar-refractivity contribution in [1.29, 1.82) is 5.26 Å². The molecule has 0 saturated heterocycles. The summed E-state index contributed by atoms with van der Waals surface area (Å²) in [6, 6.07) is 4.32. The van der Waals surface area contributed by atoms with Gasteiger partial charge in [0.2, 0.25) is 0 Å². The lowest BCUT2D eigenvalue weighted by Crippen LogP contribution is -2.10. The second-order valence-electron chi connectivity index (χ2n) is 3.06. The minimum Gasteiger partial charge on any atom is -0.465 e. The van der Waals surface area contributed by atoms with Crippen LogP contribution in [0.15, 0.2) is 12.1 Å². The number of benzene rings is 1. The maximum atomic E-state index is 11.3. The van der Waals surface area contributed by atoms with Gasteiger partial charge in [-0.2, -0.15) is 5.26 Å². The summed E-state index contributed by atoms with van der Waals surface area (Å²) in [4.78, 5) is 21.4. The first-order valence-corrected chi connectivity index (χ1v) is 4.55. The molecule has 0 spiro atoms. The number of nitrogens with two attached hydrogens (primary N) is 1. The van der Waals surface area contributed by atoms with Crippen LogP contribution in [0, 0.1) is 21.4 Å². The third-order valence-electron chi connectivity index (χ3n) is 2.18. The van der Waals surface area contributed by atoms with E-state index >= 15 is 0 Å². The molecule has 7 nitrogen and oxygen atoms in total. The van der Waals surface area contributed by atoms with Crippen LogP contribution in [0.2, 0.25) is 0 Å². The molecule has 2 N–H and O–H groups in total. The fraction of sp³-hybridized carbons (Fsp3) is 0.200. The second-order valence-corrected chi connectivity index (χ2v) is 3.06. The number of methoxy groups -OCH3 is 1. The summed E-state index contributed by atoms with van der Waals surface area (Å²) in [5, 5.41) is 19.8. The number of nitriles is 1. The first kappa shape index (κ1) is 12.6. The highest BCUT2D eigenvalue weighted by Crippen LogP contribution is 2.27. The summed E-state index contributed by atoms with van der Waals surface area (Å²) in [6.07, 6.45) is 0. The third-order valence-corrected chi connectivity index (χ3v) is 2.18. The standard InChI is InChI=1S/C10H9N3O4/c1-17-10(14)7-3-2-6(4-11)8(5-12)9(7)13(15)16/h2-3H,4,11H2,1H3. The van der Waals surface area contributed by atoms with Gasteiger partial charge in [0.15, 0.2) is 0 Å². The summed E-state index contributed by atoms with van der Waals surface area (Å²) < 4.78 is 4.42. The lowest BCUT2D eigenvalue weighted by molar-refractivity contribution is -0.385. The molecule has 1 rings (SSSR count). The first-order valence-electron chi connectivity index (χ1n) is 4.55. The van der Waals surface area contributed by atoms with Crippen molar-refractivity contribution >= 4 is 11.7 Å². The molecule has 0 aliphatic rings. The van der Waals surface area contributed by atoms with Crippen molar-refractivity contribution in [2.24, 2.45) is 5.73 Å². The number of hydrogen-bond acceptors (Lipinski definition) is 6. The number of rotatable bonds is 3. The molecule has 0 saturated carbocycles. The van der Waals surface area contributed by atoms with E-state index in [2.05, 4.69) is 4.74 Å². The second kappa shape index (κ2) is 5.05. The minimum atomic E-state index is -0.864. The lowest BCUT2D eigenvalue weighted by atomic mass is 10.0. The Morgan fingerprint density at radius 1 is 1.65 bits per heavy atom. The van der Waals surface area contributed by atoms with Crippen LogP contribution in [0.3, 0.4) is 0 Å². The molecule has 0 aliphatic carbocycles. The van der Waals surface area contributed by atoms with Crippen LogP contribution in [-0.2, 0) is 11.3 Å². The van der Waals surface area contributed by atoms with Gasteiger partial charge in [0.25, 0.3) is 0 Å². The summed E-state index contributed by atoms with van der Waals surface area (Å²) >= 11 is 0. The van der Waals surface area contributed by atoms with Gasteiger partial charge in [-0.15, -0.1) is 0 Å². The number of carbonyl (C=O) groups is 1. The maximum Gasteiger partial charge on any atom is 0.344 e. The van der Waals surface area contributed by atoms with Gasteiger partial charge in [-0.25, -0.2) is 4.79 Å². The maximum absolute atomic E-state index is 11.3. The number of esters is 1. The smallest absolute Gasteiger partial charge is 0.344 e. The fourth-order valence-electron chi connectivity index (χ4n) is 1.39. The SMILES string of the molecule is COC(=O)c1ccc(CN)c(C#N)c1[N+](=O)[O-]. The molecule has 0 fully saturated rings. The van der Waals surface area contributed by atoms with Gasteiger partial charge in [-0.05, 0) is 11.6 Å². The van der Waals surface area contributed by atoms with Crippen LogP contribution in [0.25, 0.3) is 0 Å². The predicted molar refractivity (Wildman–Crippen MR) is 57.0 cm³/mol. The van der Waals surface area contributed by atoms with E-state index in [0.717, 1.165) is 7.11 Å². The van der Waals surface area contributed by atoms with Crippen LogP contribution < -0.4 is 5.73 Å². The van der Waals surface area contributed by atoms with Gasteiger partial charge in [0, 0.05) is 6.54 Å². The molecule has 0 aliphatic heterocycles. The number of hydrogen-bond donors (Lipinski definition) is 1. The van der Waals surface area contributed by atoms with Crippen molar-refractivity contribution in [2.45, 2.75) is 6.54 Å². The summed E-state index contributed by atoms with van der Waals surface area (Å²) in [5.74, 6) is -0.864. The van der Waals surface area contributed by atoms with E-state index < -0.39 is 16.6 Å². The van der Waals surface area contributed by atoms with E-state index in [4.69, 9.17) is 11.0 Å². The average Bonchev–Trinajstić information content (AvgIpc) is 2.35. The Labute approximate surface area is 96.6 Å². The van der Waals surface area contributed by atoms with Crippen molar-refractivity contribution in [3.05, 3.63) is 38.9 Å². The van der Waals surface area contributed by atoms with E-state index in [-0.39, 0.29) is 17.7 Å². The molecule has 1 aromatic rings. The average molecular weight is 235 g/mol. The van der Waals surface area contributed by atoms with E-state index in [1.807, 2.05) is 0 Å². The van der Waals surface area contributed by atoms with Crippen LogP contribution in [0.4, 0.5) is 5.69 Å². The van der Waals surface area contributed by atoms with Gasteiger partial charge in [-0.3, -0.25) is 10.1 Å². The highest BCUT2D eigenvalue weighted by molar-refractivity contribution is 5.95. The van der Waals surface area contributed by atoms with Crippen LogP contribution in [0.5, 0.6) is 0 Å². The van der Waals surface area contributed by atoms with E-state index in [0.29, 0.717) is 5.56 Å². The fourth-order valence-corrected chi connectivity index (χ4v) is 1.39. The molecular weight excluding hydrogens is 226 g/mol. The minimum absolute atomic E-state index is 0.0226. The van der Waals surface area contributed by atoms with E-state index in [9.17, 15) is 14.9 Å². The van der Waals surface area contributed by atoms with E-state index in [1.54, 1.807) is 6.07 Å². The molecule has 0 radical (unpaired) electrons. The van der Waals surface area contributed by atoms with Crippen LogP contribution in [-0.4, -0.2) is 18.0 Å². The zero-order chi connectivity index (χ0) is 13.0. The molecule has 0 aromatic heterocycles. The van der Waals surface area contributed by atoms with Crippen molar-refractivity contribution < 1.29 is 14.5 Å². The molecular formula is C10H9N3O4. The normalized spacial score (nSPS) is 9.47. The number of ether oxygens (including phenoxy) is 1. The Bertz CT molecular complexity index is 519. The summed E-state index contributed by atoms with van der Waals surface area (Å²) in [5.41, 5.74) is 4.64. The molecule has 7 heteroatoms. The topological polar surface area (TPSA) is 119 Å². The molecule has 17 heavy (non-hydrogen) atoms. The molecule has 0 unspecified atom stereocenters. The van der Waals surface area contributed by atoms with E-state index in [1.165, 1.54) is 12.1 Å². The van der Waals surface area contributed by atoms with Crippen molar-refractivity contribution in [3.63, 3.8) is 0 Å². The number of carbonyl (C=O) groups excluding carboxylic acids is 1. The molecule has 88 valence electrons. The molecule has 0 bridgehead atoms. The largest absolute Gasteiger partial charge is 0.465 e. The quantitative estimate of drug-likeness (QED) is 0.468. The lowest BCUT2D eigenvalue weighted by Gasteiger charge is -2.05. The Morgan fingerprint density at radius 2 is 2.29 bits per heavy atom. The number of nitro groups is 1. The zero-order valence-corrected chi connectivity index (χ0v) is 8.97. The van der Waals surface area contributed by atoms with Crippen molar-refractivity contribution in [1.82, 2.24) is 0 Å². The first-order chi connectivity index (χ1) is 8.06. The highest BCUT2D eigenvalue weighted by Gasteiger charge is 2.27. The Balaban J connectivity index is 3.60. The van der Waals surface area contributed by atoms with Gasteiger partial charge in [0.1, 0.15) is 17.2 Å². The van der Waals surface area contributed by atoms with Gasteiger partial charge >= 0.3 is 11.7 Å². The summed E-state index contributed by atoms with van der Waals surface area (Å²) in [6.45, 7) is -0.0226. The monoisotopic (exact) mass is 235 g/mol. The van der Waals surface area contributed by atoms with Gasteiger partial charge < -0.3 is 10.5 Å². The number of nitrogens with zero attached hydrogens (tertiary/aromatic N) is 2. The molecule has 0 heterocycles. The molecule has 0 atom stereocenters. The Morgan fingerprint density at radius 3 is 2.71 bits per heavy atom. The third kappa shape index (κ3) is 2.21. The van der Waals surface area contributed by atoms with Gasteiger partial charge in [-0.1, -0.05) is 6.07 Å². The number of nitro benzene ring substituents is 1. The molecule has 0 amide bonds. The Kier molecular flexibility index (Phi) is 3.74.